The predicted molar refractivity (Wildman–Crippen MR) is 75.7 cm³/mol. The standard InChI is InChI=1S/C17H19N/c1-12-8-9-13(2)17-16(12)10-15(11-18-17)14-6-4-3-5-7-14/h3-7,10-13H,8-9H2,1-2H3. The van der Waals surface area contributed by atoms with Gasteiger partial charge in [0.2, 0.25) is 0 Å². The van der Waals surface area contributed by atoms with Crippen molar-refractivity contribution >= 4 is 0 Å². The second-order valence-corrected chi connectivity index (χ2v) is 5.44. The number of fused-ring (bicyclic) bond motifs is 1. The third-order valence-corrected chi connectivity index (χ3v) is 4.09. The van der Waals surface area contributed by atoms with Gasteiger partial charge in [0.1, 0.15) is 0 Å². The van der Waals surface area contributed by atoms with Crippen molar-refractivity contribution in [3.63, 3.8) is 0 Å². The van der Waals surface area contributed by atoms with E-state index in [0.29, 0.717) is 11.8 Å². The van der Waals surface area contributed by atoms with E-state index in [4.69, 9.17) is 4.98 Å². The van der Waals surface area contributed by atoms with Gasteiger partial charge in [-0.3, -0.25) is 4.98 Å². The van der Waals surface area contributed by atoms with Gasteiger partial charge in [0.15, 0.2) is 0 Å². The number of pyridine rings is 1. The second kappa shape index (κ2) is 4.56. The fourth-order valence-corrected chi connectivity index (χ4v) is 2.88. The highest BCUT2D eigenvalue weighted by molar-refractivity contribution is 5.63. The Balaban J connectivity index is 2.08. The molecule has 0 amide bonds. The molecule has 0 saturated heterocycles. The molecule has 0 radical (unpaired) electrons. The van der Waals surface area contributed by atoms with Crippen LogP contribution >= 0.6 is 0 Å². The summed E-state index contributed by atoms with van der Waals surface area (Å²) < 4.78 is 0. The van der Waals surface area contributed by atoms with E-state index >= 15 is 0 Å². The van der Waals surface area contributed by atoms with Crippen molar-refractivity contribution in [2.45, 2.75) is 38.5 Å². The first-order chi connectivity index (χ1) is 8.75. The Morgan fingerprint density at radius 2 is 1.67 bits per heavy atom. The van der Waals surface area contributed by atoms with E-state index in [2.05, 4.69) is 50.2 Å². The smallest absolute Gasteiger partial charge is 0.0466 e. The highest BCUT2D eigenvalue weighted by Crippen LogP contribution is 2.38. The van der Waals surface area contributed by atoms with Gasteiger partial charge >= 0.3 is 0 Å². The van der Waals surface area contributed by atoms with Crippen LogP contribution in [0, 0.1) is 0 Å². The van der Waals surface area contributed by atoms with Crippen molar-refractivity contribution in [3.05, 3.63) is 53.9 Å². The SMILES string of the molecule is CC1CCC(C)c2ncc(-c3ccccc3)cc21. The molecule has 92 valence electrons. The summed E-state index contributed by atoms with van der Waals surface area (Å²) in [5.41, 5.74) is 5.28. The largest absolute Gasteiger partial charge is 0.260 e. The Kier molecular flexibility index (Phi) is 2.91. The minimum atomic E-state index is 0.612. The number of nitrogens with zero attached hydrogens (tertiary/aromatic N) is 1. The summed E-state index contributed by atoms with van der Waals surface area (Å²) in [7, 11) is 0. The predicted octanol–water partition coefficient (Wildman–Crippen LogP) is 4.75. The maximum Gasteiger partial charge on any atom is 0.0466 e. The second-order valence-electron chi connectivity index (χ2n) is 5.44. The number of benzene rings is 1. The van der Waals surface area contributed by atoms with Crippen molar-refractivity contribution in [2.24, 2.45) is 0 Å². The maximum absolute atomic E-state index is 4.73. The van der Waals surface area contributed by atoms with Crippen LogP contribution in [0.4, 0.5) is 0 Å². The summed E-state index contributed by atoms with van der Waals surface area (Å²) >= 11 is 0. The molecule has 0 fully saturated rings. The van der Waals surface area contributed by atoms with Crippen LogP contribution in [0.1, 0.15) is 49.8 Å². The lowest BCUT2D eigenvalue weighted by Gasteiger charge is -2.26. The van der Waals surface area contributed by atoms with E-state index in [1.54, 1.807) is 0 Å². The van der Waals surface area contributed by atoms with Gasteiger partial charge in [0, 0.05) is 17.5 Å². The molecule has 0 spiro atoms. The summed E-state index contributed by atoms with van der Waals surface area (Å²) in [4.78, 5) is 4.73. The van der Waals surface area contributed by atoms with Gasteiger partial charge < -0.3 is 0 Å². The van der Waals surface area contributed by atoms with Gasteiger partial charge in [-0.25, -0.2) is 0 Å². The van der Waals surface area contributed by atoms with Crippen LogP contribution in [0.3, 0.4) is 0 Å². The number of aromatic nitrogens is 1. The van der Waals surface area contributed by atoms with E-state index < -0.39 is 0 Å². The van der Waals surface area contributed by atoms with Crippen LogP contribution in [0.2, 0.25) is 0 Å². The van der Waals surface area contributed by atoms with E-state index in [1.807, 2.05) is 6.20 Å². The zero-order valence-electron chi connectivity index (χ0n) is 11.1. The molecule has 0 bridgehead atoms. The molecule has 0 saturated carbocycles. The molecule has 2 unspecified atom stereocenters. The molecule has 2 atom stereocenters. The van der Waals surface area contributed by atoms with Crippen LogP contribution in [0.15, 0.2) is 42.6 Å². The molecule has 1 aromatic heterocycles. The average Bonchev–Trinajstić information content (AvgIpc) is 2.44. The van der Waals surface area contributed by atoms with Gasteiger partial charge in [-0.15, -0.1) is 0 Å². The van der Waals surface area contributed by atoms with Crippen LogP contribution < -0.4 is 0 Å². The first-order valence-corrected chi connectivity index (χ1v) is 6.81. The minimum absolute atomic E-state index is 0.612. The molecule has 1 aliphatic carbocycles. The molecular weight excluding hydrogens is 218 g/mol. The molecule has 1 nitrogen and oxygen atoms in total. The molecule has 1 heterocycles. The van der Waals surface area contributed by atoms with Gasteiger partial charge in [0.05, 0.1) is 0 Å². The molecular formula is C17H19N. The van der Waals surface area contributed by atoms with Crippen LogP contribution in [0.25, 0.3) is 11.1 Å². The quantitative estimate of drug-likeness (QED) is 0.697. The van der Waals surface area contributed by atoms with Gasteiger partial charge in [-0.1, -0.05) is 44.2 Å². The lowest BCUT2D eigenvalue weighted by atomic mass is 9.80. The Bertz CT molecular complexity index is 545. The van der Waals surface area contributed by atoms with Crippen molar-refractivity contribution in [3.8, 4) is 11.1 Å². The van der Waals surface area contributed by atoms with Crippen molar-refractivity contribution < 1.29 is 0 Å². The summed E-state index contributed by atoms with van der Waals surface area (Å²) in [6, 6.07) is 12.9. The zero-order chi connectivity index (χ0) is 12.5. The van der Waals surface area contributed by atoms with Crippen molar-refractivity contribution in [2.75, 3.05) is 0 Å². The first-order valence-electron chi connectivity index (χ1n) is 6.81. The lowest BCUT2D eigenvalue weighted by molar-refractivity contribution is 0.515. The molecule has 3 rings (SSSR count). The van der Waals surface area contributed by atoms with Crippen molar-refractivity contribution in [1.29, 1.82) is 0 Å². The summed E-state index contributed by atoms with van der Waals surface area (Å²) in [5, 5.41) is 0. The molecule has 0 aliphatic heterocycles. The highest BCUT2D eigenvalue weighted by Gasteiger charge is 2.23. The third-order valence-electron chi connectivity index (χ3n) is 4.09. The topological polar surface area (TPSA) is 12.9 Å². The average molecular weight is 237 g/mol. The first kappa shape index (κ1) is 11.5. The van der Waals surface area contributed by atoms with Gasteiger partial charge in [-0.2, -0.15) is 0 Å². The van der Waals surface area contributed by atoms with Gasteiger partial charge in [-0.05, 0) is 41.9 Å². The zero-order valence-corrected chi connectivity index (χ0v) is 11.1. The Morgan fingerprint density at radius 1 is 0.944 bits per heavy atom. The van der Waals surface area contributed by atoms with E-state index in [1.165, 1.54) is 35.2 Å². The monoisotopic (exact) mass is 237 g/mol. The Hall–Kier alpha value is -1.63. The van der Waals surface area contributed by atoms with E-state index in [0.717, 1.165) is 0 Å². The molecule has 1 aromatic carbocycles. The minimum Gasteiger partial charge on any atom is -0.260 e. The highest BCUT2D eigenvalue weighted by atomic mass is 14.7. The summed E-state index contributed by atoms with van der Waals surface area (Å²) in [6.07, 6.45) is 4.59. The normalized spacial score (nSPS) is 22.6. The van der Waals surface area contributed by atoms with Crippen LogP contribution in [-0.4, -0.2) is 4.98 Å². The molecule has 18 heavy (non-hydrogen) atoms. The van der Waals surface area contributed by atoms with E-state index in [9.17, 15) is 0 Å². The molecule has 2 aromatic rings. The molecule has 1 aliphatic rings. The van der Waals surface area contributed by atoms with Crippen LogP contribution in [-0.2, 0) is 0 Å². The molecule has 0 N–H and O–H groups in total. The number of hydrogen-bond donors (Lipinski definition) is 0. The van der Waals surface area contributed by atoms with Crippen LogP contribution in [0.5, 0.6) is 0 Å². The Morgan fingerprint density at radius 3 is 2.44 bits per heavy atom. The number of hydrogen-bond acceptors (Lipinski definition) is 1. The summed E-state index contributed by atoms with van der Waals surface area (Å²) in [6.45, 7) is 4.61. The fraction of sp³-hybridized carbons (Fsp3) is 0.353. The lowest BCUT2D eigenvalue weighted by Crippen LogP contribution is -2.12. The maximum atomic E-state index is 4.73. The Labute approximate surface area is 109 Å². The molecule has 1 heteroatoms. The van der Waals surface area contributed by atoms with Crippen molar-refractivity contribution in [1.82, 2.24) is 4.98 Å². The van der Waals surface area contributed by atoms with Gasteiger partial charge in [0.25, 0.3) is 0 Å². The van der Waals surface area contributed by atoms with E-state index in [-0.39, 0.29) is 0 Å². The third kappa shape index (κ3) is 1.94. The fourth-order valence-electron chi connectivity index (χ4n) is 2.88. The summed E-state index contributed by atoms with van der Waals surface area (Å²) in [5.74, 6) is 1.26. The number of rotatable bonds is 1.